The van der Waals surface area contributed by atoms with E-state index in [0.717, 1.165) is 44.4 Å². The lowest BCUT2D eigenvalue weighted by molar-refractivity contribution is -0.117. The van der Waals surface area contributed by atoms with Crippen molar-refractivity contribution in [1.82, 2.24) is 19.7 Å². The molecule has 0 aliphatic heterocycles. The molecule has 0 bridgehead atoms. The van der Waals surface area contributed by atoms with Crippen LogP contribution in [0.4, 0.5) is 10.6 Å². The lowest BCUT2D eigenvalue weighted by Crippen LogP contribution is -2.26. The molecule has 0 fully saturated rings. The van der Waals surface area contributed by atoms with Gasteiger partial charge in [0, 0.05) is 42.9 Å². The first kappa shape index (κ1) is 26.3. The summed E-state index contributed by atoms with van der Waals surface area (Å²) in [6.07, 6.45) is 7.69. The van der Waals surface area contributed by atoms with Crippen molar-refractivity contribution >= 4 is 40.5 Å². The molecule has 0 aliphatic rings. The van der Waals surface area contributed by atoms with Gasteiger partial charge in [0.2, 0.25) is 0 Å². The van der Waals surface area contributed by atoms with Crippen LogP contribution in [0.3, 0.4) is 0 Å². The van der Waals surface area contributed by atoms with Gasteiger partial charge in [-0.25, -0.2) is 14.8 Å². The van der Waals surface area contributed by atoms with E-state index in [0.29, 0.717) is 18.9 Å². The van der Waals surface area contributed by atoms with Crippen LogP contribution < -0.4 is 16.4 Å². The zero-order valence-corrected chi connectivity index (χ0v) is 21.9. The molecule has 3 aromatic heterocycles. The standard InChI is InChI=1S/C28H31N7O3/c1-5-38-28(37)34-26-23-10-18(3)24(19(4)22(23)8-9-31-26)14-32-27(36)20(11-29)12-30-13-21-16-35-15-17(2)6-7-25(35)33-21/h6-12,15-16H,5,13-14,29H2,1-4H3,(H,32,36)(H,31,34,37)/b20-11+,30-12?. The van der Waals surface area contributed by atoms with Gasteiger partial charge in [0.25, 0.3) is 5.91 Å². The molecule has 38 heavy (non-hydrogen) atoms. The normalized spacial score (nSPS) is 11.8. The number of aliphatic imine (C=N–C) groups is 1. The number of nitrogens with two attached hydrogens (primary N) is 1. The molecule has 1 aromatic carbocycles. The van der Waals surface area contributed by atoms with Crippen LogP contribution in [0.25, 0.3) is 16.4 Å². The van der Waals surface area contributed by atoms with Crippen molar-refractivity contribution in [2.45, 2.75) is 40.8 Å². The van der Waals surface area contributed by atoms with Crippen molar-refractivity contribution < 1.29 is 14.3 Å². The zero-order chi connectivity index (χ0) is 27.2. The summed E-state index contributed by atoms with van der Waals surface area (Å²) >= 11 is 0. The molecule has 0 saturated carbocycles. The van der Waals surface area contributed by atoms with Crippen molar-refractivity contribution in [3.63, 3.8) is 0 Å². The lowest BCUT2D eigenvalue weighted by atomic mass is 9.96. The third-order valence-corrected chi connectivity index (χ3v) is 6.18. The number of rotatable bonds is 8. The van der Waals surface area contributed by atoms with Gasteiger partial charge in [-0.15, -0.1) is 0 Å². The summed E-state index contributed by atoms with van der Waals surface area (Å²) in [7, 11) is 0. The van der Waals surface area contributed by atoms with E-state index in [-0.39, 0.29) is 18.1 Å². The summed E-state index contributed by atoms with van der Waals surface area (Å²) in [6, 6.07) is 7.77. The molecule has 2 amide bonds. The Morgan fingerprint density at radius 3 is 2.74 bits per heavy atom. The predicted molar refractivity (Wildman–Crippen MR) is 148 cm³/mol. The molecule has 10 heteroatoms. The Morgan fingerprint density at radius 2 is 1.97 bits per heavy atom. The highest BCUT2D eigenvalue weighted by Crippen LogP contribution is 2.29. The van der Waals surface area contributed by atoms with E-state index in [9.17, 15) is 9.59 Å². The molecule has 4 rings (SSSR count). The van der Waals surface area contributed by atoms with E-state index >= 15 is 0 Å². The topological polar surface area (TPSA) is 136 Å². The number of fused-ring (bicyclic) bond motifs is 2. The molecule has 0 radical (unpaired) electrons. The number of ether oxygens (including phenoxy) is 1. The van der Waals surface area contributed by atoms with Crippen molar-refractivity contribution in [3.8, 4) is 0 Å². The second-order valence-electron chi connectivity index (χ2n) is 8.88. The van der Waals surface area contributed by atoms with Crippen molar-refractivity contribution in [2.24, 2.45) is 10.7 Å². The number of anilines is 1. The van der Waals surface area contributed by atoms with Crippen molar-refractivity contribution in [2.75, 3.05) is 11.9 Å². The average Bonchev–Trinajstić information content (AvgIpc) is 3.29. The number of amides is 2. The summed E-state index contributed by atoms with van der Waals surface area (Å²) in [6.45, 7) is 8.58. The van der Waals surface area contributed by atoms with Crippen molar-refractivity contribution in [3.05, 3.63) is 82.6 Å². The Labute approximate surface area is 220 Å². The summed E-state index contributed by atoms with van der Waals surface area (Å²) in [5.74, 6) is 0.0909. The quantitative estimate of drug-likeness (QED) is 0.240. The number of aryl methyl sites for hydroxylation is 3. The van der Waals surface area contributed by atoms with Crippen LogP contribution in [0.15, 0.2) is 59.6 Å². The number of pyridine rings is 2. The highest BCUT2D eigenvalue weighted by molar-refractivity contribution is 6.12. The maximum atomic E-state index is 12.8. The minimum atomic E-state index is -0.557. The third-order valence-electron chi connectivity index (χ3n) is 6.18. The van der Waals surface area contributed by atoms with E-state index in [1.54, 1.807) is 13.1 Å². The predicted octanol–water partition coefficient (Wildman–Crippen LogP) is 4.11. The van der Waals surface area contributed by atoms with Gasteiger partial charge in [-0.3, -0.25) is 15.1 Å². The van der Waals surface area contributed by atoms with Gasteiger partial charge < -0.3 is 20.2 Å². The molecule has 3 heterocycles. The van der Waals surface area contributed by atoms with Crippen molar-refractivity contribution in [1.29, 1.82) is 0 Å². The minimum Gasteiger partial charge on any atom is -0.450 e. The number of carbonyl (C=O) groups is 2. The number of nitrogens with zero attached hydrogens (tertiary/aromatic N) is 4. The Hall–Kier alpha value is -4.73. The summed E-state index contributed by atoms with van der Waals surface area (Å²) in [4.78, 5) is 38.0. The van der Waals surface area contributed by atoms with Gasteiger partial charge in [-0.05, 0) is 73.5 Å². The fourth-order valence-corrected chi connectivity index (χ4v) is 4.26. The van der Waals surface area contributed by atoms with Gasteiger partial charge >= 0.3 is 6.09 Å². The van der Waals surface area contributed by atoms with Crippen LogP contribution in [0.1, 0.15) is 34.9 Å². The van der Waals surface area contributed by atoms with E-state index < -0.39 is 6.09 Å². The number of aromatic nitrogens is 3. The highest BCUT2D eigenvalue weighted by atomic mass is 16.5. The maximum Gasteiger partial charge on any atom is 0.412 e. The summed E-state index contributed by atoms with van der Waals surface area (Å²) in [5.41, 5.74) is 11.6. The number of carbonyl (C=O) groups excluding carboxylic acids is 2. The number of nitrogens with one attached hydrogen (secondary N) is 2. The van der Waals surface area contributed by atoms with E-state index in [4.69, 9.17) is 10.5 Å². The largest absolute Gasteiger partial charge is 0.450 e. The smallest absolute Gasteiger partial charge is 0.412 e. The first-order valence-electron chi connectivity index (χ1n) is 12.3. The second kappa shape index (κ2) is 11.5. The van der Waals surface area contributed by atoms with Gasteiger partial charge in [0.15, 0.2) is 0 Å². The Balaban J connectivity index is 1.44. The molecule has 10 nitrogen and oxygen atoms in total. The van der Waals surface area contributed by atoms with E-state index in [1.165, 1.54) is 12.4 Å². The summed E-state index contributed by atoms with van der Waals surface area (Å²) < 4.78 is 6.93. The van der Waals surface area contributed by atoms with Crippen LogP contribution in [-0.4, -0.2) is 39.2 Å². The van der Waals surface area contributed by atoms with Gasteiger partial charge in [-0.1, -0.05) is 6.07 Å². The van der Waals surface area contributed by atoms with Crippen LogP contribution in [-0.2, 0) is 22.6 Å². The average molecular weight is 514 g/mol. The van der Waals surface area contributed by atoms with Gasteiger partial charge in [0.05, 0.1) is 24.4 Å². The number of hydrogen-bond acceptors (Lipinski definition) is 7. The first-order valence-corrected chi connectivity index (χ1v) is 12.3. The molecule has 4 N–H and O–H groups in total. The number of hydrogen-bond donors (Lipinski definition) is 3. The van der Waals surface area contributed by atoms with Crippen LogP contribution in [0, 0.1) is 20.8 Å². The summed E-state index contributed by atoms with van der Waals surface area (Å²) in [5, 5.41) is 7.33. The molecule has 0 saturated heterocycles. The number of imidazole rings is 1. The van der Waals surface area contributed by atoms with E-state index in [2.05, 4.69) is 25.6 Å². The lowest BCUT2D eigenvalue weighted by Gasteiger charge is -2.16. The zero-order valence-electron chi connectivity index (χ0n) is 21.9. The first-order chi connectivity index (χ1) is 18.3. The SMILES string of the molecule is CCOC(=O)Nc1nccc2c(C)c(CNC(=O)/C(C=NCc3cn4cc(C)ccc4n3)=C/N)c(C)cc12. The fraction of sp³-hybridized carbons (Fsp3) is 0.250. The highest BCUT2D eigenvalue weighted by Gasteiger charge is 2.15. The molecule has 0 atom stereocenters. The Kier molecular flexibility index (Phi) is 8.00. The monoisotopic (exact) mass is 513 g/mol. The Bertz CT molecular complexity index is 1570. The van der Waals surface area contributed by atoms with Crippen LogP contribution in [0.5, 0.6) is 0 Å². The molecule has 0 spiro atoms. The minimum absolute atomic E-state index is 0.255. The molecule has 0 unspecified atom stereocenters. The third kappa shape index (κ3) is 5.80. The molecular weight excluding hydrogens is 482 g/mol. The van der Waals surface area contributed by atoms with Gasteiger partial charge in [-0.2, -0.15) is 0 Å². The number of benzene rings is 1. The molecule has 4 aromatic rings. The molecule has 0 aliphatic carbocycles. The molecule has 196 valence electrons. The molecular formula is C28H31N7O3. The van der Waals surface area contributed by atoms with Crippen LogP contribution >= 0.6 is 0 Å². The second-order valence-corrected chi connectivity index (χ2v) is 8.88. The van der Waals surface area contributed by atoms with E-state index in [1.807, 2.05) is 61.8 Å². The maximum absolute atomic E-state index is 12.8. The fourth-order valence-electron chi connectivity index (χ4n) is 4.26. The Morgan fingerprint density at radius 1 is 1.16 bits per heavy atom. The van der Waals surface area contributed by atoms with Crippen LogP contribution in [0.2, 0.25) is 0 Å². The van der Waals surface area contributed by atoms with Gasteiger partial charge in [0.1, 0.15) is 11.5 Å².